The first kappa shape index (κ1) is 24.6. The molecule has 0 aliphatic carbocycles. The van der Waals surface area contributed by atoms with E-state index in [0.29, 0.717) is 25.6 Å². The number of nitrogens with one attached hydrogen (secondary N) is 3. The zero-order chi connectivity index (χ0) is 21.9. The highest BCUT2D eigenvalue weighted by Crippen LogP contribution is 2.21. The van der Waals surface area contributed by atoms with Gasteiger partial charge in [-0.25, -0.2) is 4.79 Å². The monoisotopic (exact) mass is 407 g/mol. The molecule has 0 saturated heterocycles. The van der Waals surface area contributed by atoms with Crippen molar-refractivity contribution in [3.63, 3.8) is 0 Å². The number of aliphatic imine (C=N–C) groups is 1. The van der Waals surface area contributed by atoms with Gasteiger partial charge < -0.3 is 30.3 Å². The van der Waals surface area contributed by atoms with Crippen LogP contribution in [0, 0.1) is 0 Å². The molecule has 1 unspecified atom stereocenters. The molecule has 1 rings (SSSR count). The number of ether oxygens (including phenoxy) is 2. The van der Waals surface area contributed by atoms with Crippen LogP contribution in [-0.4, -0.2) is 69.9 Å². The van der Waals surface area contributed by atoms with Crippen LogP contribution >= 0.6 is 0 Å². The second-order valence-corrected chi connectivity index (χ2v) is 7.83. The summed E-state index contributed by atoms with van der Waals surface area (Å²) in [6.45, 7) is 9.85. The van der Waals surface area contributed by atoms with E-state index in [1.807, 2.05) is 53.9 Å². The van der Waals surface area contributed by atoms with Crippen molar-refractivity contribution in [1.82, 2.24) is 20.9 Å². The summed E-state index contributed by atoms with van der Waals surface area (Å²) < 4.78 is 10.5. The molecule has 0 spiro atoms. The highest BCUT2D eigenvalue weighted by molar-refractivity contribution is 5.79. The molecule has 3 N–H and O–H groups in total. The second-order valence-electron chi connectivity index (χ2n) is 7.83. The van der Waals surface area contributed by atoms with E-state index in [0.717, 1.165) is 12.3 Å². The van der Waals surface area contributed by atoms with Crippen LogP contribution in [0.15, 0.2) is 29.3 Å². The largest absolute Gasteiger partial charge is 0.497 e. The van der Waals surface area contributed by atoms with Gasteiger partial charge in [-0.3, -0.25) is 4.99 Å². The molecule has 0 heterocycles. The average Bonchev–Trinajstić information content (AvgIpc) is 2.64. The smallest absolute Gasteiger partial charge is 0.407 e. The molecule has 0 fully saturated rings. The number of carbonyl (C=O) groups is 1. The standard InChI is InChI=1S/C21H37N5O3/c1-8-22-19(23-13-14-24-20(27)29-21(2,3)4)25-15-18(26(5)6)16-9-11-17(28-7)12-10-16/h9-12,18H,8,13-15H2,1-7H3,(H,24,27)(H2,22,23,25). The molecule has 0 bridgehead atoms. The van der Waals surface area contributed by atoms with Crippen LogP contribution in [0.1, 0.15) is 39.3 Å². The first-order chi connectivity index (χ1) is 13.7. The summed E-state index contributed by atoms with van der Waals surface area (Å²) in [4.78, 5) is 18.5. The Morgan fingerprint density at radius 3 is 2.24 bits per heavy atom. The van der Waals surface area contributed by atoms with Gasteiger partial charge in [0.1, 0.15) is 11.4 Å². The summed E-state index contributed by atoms with van der Waals surface area (Å²) in [6.07, 6.45) is -0.423. The molecule has 164 valence electrons. The number of carbonyl (C=O) groups excluding carboxylic acids is 1. The quantitative estimate of drug-likeness (QED) is 0.331. The summed E-state index contributed by atoms with van der Waals surface area (Å²) in [5.41, 5.74) is 0.665. The minimum Gasteiger partial charge on any atom is -0.497 e. The molecule has 0 aliphatic heterocycles. The minimum absolute atomic E-state index is 0.135. The number of amides is 1. The third kappa shape index (κ3) is 10.0. The third-order valence-corrected chi connectivity index (χ3v) is 3.98. The maximum absolute atomic E-state index is 11.7. The highest BCUT2D eigenvalue weighted by Gasteiger charge is 2.16. The number of nitrogens with zero attached hydrogens (tertiary/aromatic N) is 2. The van der Waals surface area contributed by atoms with E-state index >= 15 is 0 Å². The minimum atomic E-state index is -0.503. The van der Waals surface area contributed by atoms with Gasteiger partial charge in [0, 0.05) is 19.6 Å². The van der Waals surface area contributed by atoms with Gasteiger partial charge in [0.05, 0.1) is 19.7 Å². The van der Waals surface area contributed by atoms with Gasteiger partial charge >= 0.3 is 6.09 Å². The van der Waals surface area contributed by atoms with E-state index in [1.54, 1.807) is 7.11 Å². The lowest BCUT2D eigenvalue weighted by Crippen LogP contribution is -2.42. The van der Waals surface area contributed by atoms with Crippen LogP contribution in [0.3, 0.4) is 0 Å². The van der Waals surface area contributed by atoms with E-state index in [4.69, 9.17) is 14.5 Å². The van der Waals surface area contributed by atoms with E-state index in [2.05, 4.69) is 33.0 Å². The lowest BCUT2D eigenvalue weighted by atomic mass is 10.1. The van der Waals surface area contributed by atoms with Crippen molar-refractivity contribution in [1.29, 1.82) is 0 Å². The summed E-state index contributed by atoms with van der Waals surface area (Å²) in [5, 5.41) is 9.19. The molecular formula is C21H37N5O3. The fourth-order valence-electron chi connectivity index (χ4n) is 2.57. The van der Waals surface area contributed by atoms with Crippen molar-refractivity contribution in [2.24, 2.45) is 4.99 Å². The number of rotatable bonds is 9. The molecule has 0 radical (unpaired) electrons. The maximum Gasteiger partial charge on any atom is 0.407 e. The van der Waals surface area contributed by atoms with Crippen molar-refractivity contribution in [3.8, 4) is 5.75 Å². The van der Waals surface area contributed by atoms with Crippen LogP contribution < -0.4 is 20.7 Å². The van der Waals surface area contributed by atoms with Crippen molar-refractivity contribution in [2.45, 2.75) is 39.3 Å². The van der Waals surface area contributed by atoms with Crippen molar-refractivity contribution in [3.05, 3.63) is 29.8 Å². The van der Waals surface area contributed by atoms with Gasteiger partial charge in [0.15, 0.2) is 5.96 Å². The van der Waals surface area contributed by atoms with E-state index in [9.17, 15) is 4.79 Å². The highest BCUT2D eigenvalue weighted by atomic mass is 16.6. The Kier molecular flexibility index (Phi) is 10.3. The number of hydrogen-bond donors (Lipinski definition) is 3. The molecule has 1 atom stereocenters. The Morgan fingerprint density at radius 1 is 1.10 bits per heavy atom. The predicted molar refractivity (Wildman–Crippen MR) is 118 cm³/mol. The van der Waals surface area contributed by atoms with Gasteiger partial charge in [-0.05, 0) is 59.5 Å². The second kappa shape index (κ2) is 12.2. The summed E-state index contributed by atoms with van der Waals surface area (Å²) >= 11 is 0. The van der Waals surface area contributed by atoms with Gasteiger partial charge in [-0.2, -0.15) is 0 Å². The molecule has 0 saturated carbocycles. The Morgan fingerprint density at radius 2 is 1.72 bits per heavy atom. The van der Waals surface area contributed by atoms with Crippen molar-refractivity contribution < 1.29 is 14.3 Å². The molecule has 8 nitrogen and oxygen atoms in total. The first-order valence-electron chi connectivity index (χ1n) is 9.95. The van der Waals surface area contributed by atoms with Gasteiger partial charge in [-0.1, -0.05) is 12.1 Å². The lowest BCUT2D eigenvalue weighted by molar-refractivity contribution is 0.0529. The Labute approximate surface area is 175 Å². The van der Waals surface area contributed by atoms with E-state index in [1.165, 1.54) is 5.56 Å². The molecule has 8 heteroatoms. The topological polar surface area (TPSA) is 87.2 Å². The van der Waals surface area contributed by atoms with Crippen LogP contribution in [0.2, 0.25) is 0 Å². The molecular weight excluding hydrogens is 370 g/mol. The first-order valence-corrected chi connectivity index (χ1v) is 9.95. The number of hydrogen-bond acceptors (Lipinski definition) is 5. The fraction of sp³-hybridized carbons (Fsp3) is 0.619. The summed E-state index contributed by atoms with van der Waals surface area (Å²) in [7, 11) is 5.74. The fourth-order valence-corrected chi connectivity index (χ4v) is 2.57. The van der Waals surface area contributed by atoms with Gasteiger partial charge in [-0.15, -0.1) is 0 Å². The number of likely N-dealkylation sites (N-methyl/N-ethyl adjacent to an activating group) is 1. The molecule has 1 aromatic rings. The van der Waals surface area contributed by atoms with Crippen LogP contribution in [-0.2, 0) is 4.74 Å². The Hall–Kier alpha value is -2.48. The van der Waals surface area contributed by atoms with Crippen molar-refractivity contribution in [2.75, 3.05) is 47.4 Å². The third-order valence-electron chi connectivity index (χ3n) is 3.98. The lowest BCUT2D eigenvalue weighted by Gasteiger charge is -2.24. The SMILES string of the molecule is CCNC(=NCC(c1ccc(OC)cc1)N(C)C)NCCNC(=O)OC(C)(C)C. The Balaban J connectivity index is 2.62. The molecule has 0 aliphatic rings. The normalized spacial score (nSPS) is 13.0. The number of methoxy groups -OCH3 is 1. The number of alkyl carbamates (subject to hydrolysis) is 1. The van der Waals surface area contributed by atoms with Crippen LogP contribution in [0.25, 0.3) is 0 Å². The summed E-state index contributed by atoms with van der Waals surface area (Å²) in [6, 6.07) is 8.17. The van der Waals surface area contributed by atoms with Crippen LogP contribution in [0.4, 0.5) is 4.79 Å². The summed E-state index contributed by atoms with van der Waals surface area (Å²) in [5.74, 6) is 1.54. The molecule has 1 aromatic carbocycles. The zero-order valence-electron chi connectivity index (χ0n) is 18.8. The zero-order valence-corrected chi connectivity index (χ0v) is 18.8. The van der Waals surface area contributed by atoms with E-state index < -0.39 is 11.7 Å². The number of guanidine groups is 1. The predicted octanol–water partition coefficient (Wildman–Crippen LogP) is 2.38. The van der Waals surface area contributed by atoms with Crippen LogP contribution in [0.5, 0.6) is 5.75 Å². The maximum atomic E-state index is 11.7. The van der Waals surface area contributed by atoms with Crippen molar-refractivity contribution >= 4 is 12.1 Å². The number of benzene rings is 1. The average molecular weight is 408 g/mol. The van der Waals surface area contributed by atoms with Gasteiger partial charge in [0.25, 0.3) is 0 Å². The Bertz CT molecular complexity index is 639. The molecule has 1 amide bonds. The molecule has 0 aromatic heterocycles. The van der Waals surface area contributed by atoms with E-state index in [-0.39, 0.29) is 6.04 Å². The molecule has 29 heavy (non-hydrogen) atoms. The van der Waals surface area contributed by atoms with Gasteiger partial charge in [0.2, 0.25) is 0 Å².